The van der Waals surface area contributed by atoms with E-state index in [9.17, 15) is 13.6 Å². The van der Waals surface area contributed by atoms with Crippen molar-refractivity contribution in [3.05, 3.63) is 29.3 Å². The zero-order chi connectivity index (χ0) is 15.8. The van der Waals surface area contributed by atoms with Crippen molar-refractivity contribution >= 4 is 11.7 Å². The average Bonchev–Trinajstić information content (AvgIpc) is 2.46. The standard InChI is InChI=1S/C14H20F2N2O3/c1-20-8-9(4-3-5-17)18-13-6-10(14(19)21-2)11(15)7-12(13)16/h6-7,9,18H,3-5,8,17H2,1-2H3. The Labute approximate surface area is 122 Å². The Kier molecular flexibility index (Phi) is 7.04. The zero-order valence-corrected chi connectivity index (χ0v) is 12.1. The molecular weight excluding hydrogens is 282 g/mol. The van der Waals surface area contributed by atoms with E-state index < -0.39 is 17.6 Å². The van der Waals surface area contributed by atoms with Crippen LogP contribution in [0.2, 0.25) is 0 Å². The van der Waals surface area contributed by atoms with E-state index in [0.29, 0.717) is 25.6 Å². The molecule has 0 saturated carbocycles. The minimum atomic E-state index is -0.963. The van der Waals surface area contributed by atoms with E-state index in [-0.39, 0.29) is 17.3 Å². The number of nitrogens with one attached hydrogen (secondary N) is 1. The van der Waals surface area contributed by atoms with Gasteiger partial charge in [0.15, 0.2) is 0 Å². The Bertz CT molecular complexity index is 484. The Balaban J connectivity index is 2.96. The quantitative estimate of drug-likeness (QED) is 0.718. The van der Waals surface area contributed by atoms with Crippen LogP contribution in [0.1, 0.15) is 23.2 Å². The summed E-state index contributed by atoms with van der Waals surface area (Å²) in [5, 5.41) is 2.90. The summed E-state index contributed by atoms with van der Waals surface area (Å²) < 4.78 is 36.8. The van der Waals surface area contributed by atoms with Gasteiger partial charge < -0.3 is 20.5 Å². The molecule has 1 aromatic rings. The Hall–Kier alpha value is -1.73. The van der Waals surface area contributed by atoms with Gasteiger partial charge in [0.2, 0.25) is 0 Å². The van der Waals surface area contributed by atoms with Gasteiger partial charge in [-0.25, -0.2) is 13.6 Å². The van der Waals surface area contributed by atoms with Gasteiger partial charge in [-0.05, 0) is 25.5 Å². The highest BCUT2D eigenvalue weighted by molar-refractivity contribution is 5.90. The van der Waals surface area contributed by atoms with Crippen molar-refractivity contribution in [3.63, 3.8) is 0 Å². The third-order valence-corrected chi connectivity index (χ3v) is 2.95. The fraction of sp³-hybridized carbons (Fsp3) is 0.500. The number of anilines is 1. The third kappa shape index (κ3) is 4.95. The second kappa shape index (κ2) is 8.53. The van der Waals surface area contributed by atoms with E-state index in [1.54, 1.807) is 0 Å². The smallest absolute Gasteiger partial charge is 0.340 e. The molecule has 0 aliphatic heterocycles. The van der Waals surface area contributed by atoms with Gasteiger partial charge in [0, 0.05) is 19.2 Å². The molecule has 0 aromatic heterocycles. The van der Waals surface area contributed by atoms with Crippen LogP contribution in [0.15, 0.2) is 12.1 Å². The van der Waals surface area contributed by atoms with Crippen molar-refractivity contribution in [2.45, 2.75) is 18.9 Å². The molecule has 0 aliphatic carbocycles. The number of carbonyl (C=O) groups is 1. The number of carbonyl (C=O) groups excluding carboxylic acids is 1. The third-order valence-electron chi connectivity index (χ3n) is 2.95. The minimum absolute atomic E-state index is 0.0240. The molecular formula is C14H20F2N2O3. The molecule has 1 atom stereocenters. The summed E-state index contributed by atoms with van der Waals surface area (Å²) in [6, 6.07) is 1.56. The molecule has 0 radical (unpaired) electrons. The first-order chi connectivity index (χ1) is 10.0. The van der Waals surface area contributed by atoms with Crippen molar-refractivity contribution in [3.8, 4) is 0 Å². The maximum absolute atomic E-state index is 13.8. The molecule has 0 spiro atoms. The molecule has 7 heteroatoms. The van der Waals surface area contributed by atoms with Crippen LogP contribution in [-0.4, -0.2) is 39.4 Å². The van der Waals surface area contributed by atoms with Crippen LogP contribution in [0.4, 0.5) is 14.5 Å². The second-order valence-corrected chi connectivity index (χ2v) is 4.53. The van der Waals surface area contributed by atoms with Gasteiger partial charge in [-0.1, -0.05) is 0 Å². The highest BCUT2D eigenvalue weighted by Crippen LogP contribution is 2.21. The zero-order valence-electron chi connectivity index (χ0n) is 12.1. The maximum Gasteiger partial charge on any atom is 0.340 e. The van der Waals surface area contributed by atoms with Crippen LogP contribution in [-0.2, 0) is 9.47 Å². The summed E-state index contributed by atoms with van der Waals surface area (Å²) in [6.45, 7) is 0.839. The van der Waals surface area contributed by atoms with Gasteiger partial charge in [-0.2, -0.15) is 0 Å². The highest BCUT2D eigenvalue weighted by Gasteiger charge is 2.18. The van der Waals surface area contributed by atoms with Crippen LogP contribution < -0.4 is 11.1 Å². The number of methoxy groups -OCH3 is 2. The number of ether oxygens (including phenoxy) is 2. The van der Waals surface area contributed by atoms with Gasteiger partial charge in [0.1, 0.15) is 11.6 Å². The lowest BCUT2D eigenvalue weighted by molar-refractivity contribution is 0.0595. The van der Waals surface area contributed by atoms with E-state index in [0.717, 1.165) is 19.6 Å². The van der Waals surface area contributed by atoms with Crippen LogP contribution in [0.3, 0.4) is 0 Å². The van der Waals surface area contributed by atoms with Crippen LogP contribution >= 0.6 is 0 Å². The minimum Gasteiger partial charge on any atom is -0.465 e. The van der Waals surface area contributed by atoms with Crippen LogP contribution in [0, 0.1) is 11.6 Å². The first-order valence-corrected chi connectivity index (χ1v) is 6.56. The van der Waals surface area contributed by atoms with Gasteiger partial charge in [0.05, 0.1) is 25.0 Å². The van der Waals surface area contributed by atoms with E-state index in [1.165, 1.54) is 7.11 Å². The van der Waals surface area contributed by atoms with E-state index in [2.05, 4.69) is 10.1 Å². The summed E-state index contributed by atoms with van der Waals surface area (Å²) in [5.74, 6) is -2.61. The Morgan fingerprint density at radius 2 is 2.05 bits per heavy atom. The van der Waals surface area contributed by atoms with E-state index >= 15 is 0 Å². The molecule has 1 unspecified atom stereocenters. The summed E-state index contributed by atoms with van der Waals surface area (Å²) >= 11 is 0. The van der Waals surface area contributed by atoms with Crippen LogP contribution in [0.25, 0.3) is 0 Å². The van der Waals surface area contributed by atoms with Crippen molar-refractivity contribution in [1.29, 1.82) is 0 Å². The molecule has 0 aliphatic rings. The lowest BCUT2D eigenvalue weighted by Gasteiger charge is -2.20. The van der Waals surface area contributed by atoms with Gasteiger partial charge in [0.25, 0.3) is 0 Å². The predicted molar refractivity (Wildman–Crippen MR) is 75.3 cm³/mol. The summed E-state index contributed by atoms with van der Waals surface area (Å²) in [6.07, 6.45) is 1.39. The van der Waals surface area contributed by atoms with E-state index in [4.69, 9.17) is 10.5 Å². The molecule has 0 heterocycles. The fourth-order valence-corrected chi connectivity index (χ4v) is 1.91. The van der Waals surface area contributed by atoms with Crippen molar-refractivity contribution in [1.82, 2.24) is 0 Å². The molecule has 0 fully saturated rings. The van der Waals surface area contributed by atoms with Gasteiger partial charge in [-0.3, -0.25) is 0 Å². The normalized spacial score (nSPS) is 12.0. The lowest BCUT2D eigenvalue weighted by atomic mass is 10.1. The average molecular weight is 302 g/mol. The van der Waals surface area contributed by atoms with Gasteiger partial charge in [-0.15, -0.1) is 0 Å². The second-order valence-electron chi connectivity index (χ2n) is 4.53. The molecule has 118 valence electrons. The Morgan fingerprint density at radius 3 is 2.62 bits per heavy atom. The first-order valence-electron chi connectivity index (χ1n) is 6.56. The largest absolute Gasteiger partial charge is 0.465 e. The molecule has 3 N–H and O–H groups in total. The maximum atomic E-state index is 13.8. The number of hydrogen-bond donors (Lipinski definition) is 2. The Morgan fingerprint density at radius 1 is 1.33 bits per heavy atom. The number of nitrogens with two attached hydrogens (primary N) is 1. The molecule has 0 amide bonds. The SMILES string of the molecule is COCC(CCCN)Nc1cc(C(=O)OC)c(F)cc1F. The predicted octanol–water partition coefficient (Wildman–Crippen LogP) is 1.92. The summed E-state index contributed by atoms with van der Waals surface area (Å²) in [4.78, 5) is 11.4. The topological polar surface area (TPSA) is 73.6 Å². The molecule has 0 saturated heterocycles. The molecule has 1 rings (SSSR count). The van der Waals surface area contributed by atoms with Crippen LogP contribution in [0.5, 0.6) is 0 Å². The molecule has 21 heavy (non-hydrogen) atoms. The summed E-state index contributed by atoms with van der Waals surface area (Å²) in [5.41, 5.74) is 5.15. The van der Waals surface area contributed by atoms with Crippen molar-refractivity contribution < 1.29 is 23.0 Å². The van der Waals surface area contributed by atoms with E-state index in [1.807, 2.05) is 0 Å². The number of esters is 1. The van der Waals surface area contributed by atoms with Gasteiger partial charge >= 0.3 is 5.97 Å². The summed E-state index contributed by atoms with van der Waals surface area (Å²) in [7, 11) is 2.66. The number of halogens is 2. The van der Waals surface area contributed by atoms with Crippen molar-refractivity contribution in [2.75, 3.05) is 32.7 Å². The first kappa shape index (κ1) is 17.3. The highest BCUT2D eigenvalue weighted by atomic mass is 19.1. The molecule has 5 nitrogen and oxygen atoms in total. The number of rotatable bonds is 8. The number of hydrogen-bond acceptors (Lipinski definition) is 5. The molecule has 1 aromatic carbocycles. The lowest BCUT2D eigenvalue weighted by Crippen LogP contribution is -2.26. The number of benzene rings is 1. The molecule has 0 bridgehead atoms. The van der Waals surface area contributed by atoms with Crippen molar-refractivity contribution in [2.24, 2.45) is 5.73 Å². The monoisotopic (exact) mass is 302 g/mol. The fourth-order valence-electron chi connectivity index (χ4n) is 1.91.